The second-order valence-corrected chi connectivity index (χ2v) is 6.78. The lowest BCUT2D eigenvalue weighted by atomic mass is 10.2. The van der Waals surface area contributed by atoms with Gasteiger partial charge in [0, 0.05) is 24.4 Å². The van der Waals surface area contributed by atoms with Gasteiger partial charge in [0.25, 0.3) is 0 Å². The van der Waals surface area contributed by atoms with Crippen molar-refractivity contribution in [2.45, 2.75) is 6.54 Å². The predicted molar refractivity (Wildman–Crippen MR) is 117 cm³/mol. The highest BCUT2D eigenvalue weighted by Crippen LogP contribution is 2.26. The van der Waals surface area contributed by atoms with E-state index in [0.717, 1.165) is 16.8 Å². The van der Waals surface area contributed by atoms with Crippen molar-refractivity contribution >= 4 is 46.1 Å². The van der Waals surface area contributed by atoms with Gasteiger partial charge in [0.1, 0.15) is 5.52 Å². The van der Waals surface area contributed by atoms with Gasteiger partial charge >= 0.3 is 0 Å². The molecule has 144 valence electrons. The molecule has 0 radical (unpaired) electrons. The van der Waals surface area contributed by atoms with Crippen molar-refractivity contribution in [1.29, 1.82) is 0 Å². The Bertz CT molecular complexity index is 1140. The number of carbonyl (C=O) groups excluding carboxylic acids is 1. The number of para-hydroxylation sites is 2. The van der Waals surface area contributed by atoms with Gasteiger partial charge in [-0.2, -0.15) is 0 Å². The maximum Gasteiger partial charge on any atom is 0.248 e. The Balaban J connectivity index is 1.37. The highest BCUT2D eigenvalue weighted by atomic mass is 35.5. The number of hydrogen-bond acceptors (Lipinski definition) is 4. The number of nitrogens with zero attached hydrogens (tertiary/aromatic N) is 1. The van der Waals surface area contributed by atoms with E-state index >= 15 is 0 Å². The van der Waals surface area contributed by atoms with E-state index in [0.29, 0.717) is 28.7 Å². The van der Waals surface area contributed by atoms with Gasteiger partial charge in [-0.25, -0.2) is 4.98 Å². The number of fused-ring (bicyclic) bond motifs is 1. The summed E-state index contributed by atoms with van der Waals surface area (Å²) in [5, 5.41) is 6.60. The summed E-state index contributed by atoms with van der Waals surface area (Å²) in [4.78, 5) is 16.5. The molecule has 0 atom stereocenters. The topological polar surface area (TPSA) is 67.2 Å². The molecule has 1 aromatic heterocycles. The van der Waals surface area contributed by atoms with Crippen molar-refractivity contribution in [3.63, 3.8) is 0 Å². The molecule has 1 amide bonds. The summed E-state index contributed by atoms with van der Waals surface area (Å²) >= 11 is 6.34. The van der Waals surface area contributed by atoms with Gasteiger partial charge in [0.15, 0.2) is 5.58 Å². The van der Waals surface area contributed by atoms with Gasteiger partial charge in [-0.05, 0) is 35.9 Å². The van der Waals surface area contributed by atoms with Gasteiger partial charge < -0.3 is 15.1 Å². The van der Waals surface area contributed by atoms with E-state index in [1.807, 2.05) is 60.7 Å². The maximum atomic E-state index is 12.2. The molecule has 4 rings (SSSR count). The van der Waals surface area contributed by atoms with Crippen LogP contribution in [0, 0.1) is 0 Å². The Morgan fingerprint density at radius 1 is 1.03 bits per heavy atom. The van der Waals surface area contributed by atoms with Crippen LogP contribution in [0.1, 0.15) is 11.5 Å². The highest BCUT2D eigenvalue weighted by Gasteiger charge is 2.05. The summed E-state index contributed by atoms with van der Waals surface area (Å²) in [6, 6.07) is 22.8. The van der Waals surface area contributed by atoms with Crippen LogP contribution < -0.4 is 10.6 Å². The Morgan fingerprint density at radius 3 is 2.62 bits per heavy atom. The summed E-state index contributed by atoms with van der Waals surface area (Å²) < 4.78 is 5.56. The fourth-order valence-corrected chi connectivity index (χ4v) is 3.07. The number of amides is 1. The van der Waals surface area contributed by atoms with Crippen molar-refractivity contribution in [3.05, 3.63) is 95.3 Å². The zero-order chi connectivity index (χ0) is 20.1. The fourth-order valence-electron chi connectivity index (χ4n) is 2.82. The molecule has 5 nitrogen and oxygen atoms in total. The largest absolute Gasteiger partial charge is 0.437 e. The fraction of sp³-hybridized carbons (Fsp3) is 0.0435. The van der Waals surface area contributed by atoms with Gasteiger partial charge in [0.05, 0.1) is 10.7 Å². The van der Waals surface area contributed by atoms with Gasteiger partial charge in [-0.1, -0.05) is 54.1 Å². The third-order valence-electron chi connectivity index (χ3n) is 4.25. The average Bonchev–Trinajstić information content (AvgIpc) is 3.15. The van der Waals surface area contributed by atoms with Gasteiger partial charge in [-0.3, -0.25) is 4.79 Å². The van der Waals surface area contributed by atoms with Crippen molar-refractivity contribution < 1.29 is 9.21 Å². The molecule has 0 spiro atoms. The molecule has 4 aromatic rings. The first-order valence-corrected chi connectivity index (χ1v) is 9.47. The van der Waals surface area contributed by atoms with E-state index in [1.165, 1.54) is 12.2 Å². The monoisotopic (exact) mass is 403 g/mol. The number of anilines is 2. The Hall–Kier alpha value is -3.57. The first-order valence-electron chi connectivity index (χ1n) is 9.09. The number of nitrogens with one attached hydrogen (secondary N) is 2. The van der Waals surface area contributed by atoms with Crippen LogP contribution in [0.15, 0.2) is 83.3 Å². The van der Waals surface area contributed by atoms with Crippen LogP contribution in [0.3, 0.4) is 0 Å². The van der Waals surface area contributed by atoms with Crippen molar-refractivity contribution in [1.82, 2.24) is 4.98 Å². The van der Waals surface area contributed by atoms with Crippen LogP contribution in [-0.4, -0.2) is 10.9 Å². The minimum absolute atomic E-state index is 0.298. The standard InChI is InChI=1S/C23H18ClN3O2/c24-18-14-17(10-11-19(18)25-15-16-6-2-1-3-7-16)26-22(28)12-13-23-27-20-8-4-5-9-21(20)29-23/h1-14,25H,15H2,(H,26,28). The first kappa shape index (κ1) is 18.8. The molecule has 0 aliphatic heterocycles. The van der Waals surface area contributed by atoms with E-state index in [9.17, 15) is 4.79 Å². The lowest BCUT2D eigenvalue weighted by molar-refractivity contribution is -0.111. The smallest absolute Gasteiger partial charge is 0.248 e. The highest BCUT2D eigenvalue weighted by molar-refractivity contribution is 6.33. The first-order chi connectivity index (χ1) is 14.2. The third-order valence-corrected chi connectivity index (χ3v) is 4.56. The number of benzene rings is 3. The molecular weight excluding hydrogens is 386 g/mol. The van der Waals surface area contributed by atoms with E-state index in [4.69, 9.17) is 16.0 Å². The second kappa shape index (κ2) is 8.63. The van der Waals surface area contributed by atoms with Crippen LogP contribution in [0.25, 0.3) is 17.2 Å². The quantitative estimate of drug-likeness (QED) is 0.402. The average molecular weight is 404 g/mol. The number of aromatic nitrogens is 1. The molecule has 0 fully saturated rings. The number of oxazole rings is 1. The van der Waals surface area contributed by atoms with Crippen molar-refractivity contribution in [2.24, 2.45) is 0 Å². The van der Waals surface area contributed by atoms with E-state index in [-0.39, 0.29) is 5.91 Å². The molecule has 1 heterocycles. The molecule has 0 unspecified atom stereocenters. The number of carbonyl (C=O) groups is 1. The lowest BCUT2D eigenvalue weighted by Gasteiger charge is -2.10. The summed E-state index contributed by atoms with van der Waals surface area (Å²) in [5.74, 6) is 0.0770. The number of rotatable bonds is 6. The van der Waals surface area contributed by atoms with Crippen LogP contribution in [0.5, 0.6) is 0 Å². The number of hydrogen-bond donors (Lipinski definition) is 2. The van der Waals surface area contributed by atoms with E-state index in [1.54, 1.807) is 12.1 Å². The molecule has 0 saturated carbocycles. The summed E-state index contributed by atoms with van der Waals surface area (Å²) in [6.07, 6.45) is 2.91. The normalized spacial score (nSPS) is 11.1. The van der Waals surface area contributed by atoms with Crippen molar-refractivity contribution in [3.8, 4) is 0 Å². The van der Waals surface area contributed by atoms with E-state index < -0.39 is 0 Å². The molecule has 2 N–H and O–H groups in total. The Kier molecular flexibility index (Phi) is 5.59. The molecule has 6 heteroatoms. The maximum absolute atomic E-state index is 12.2. The summed E-state index contributed by atoms with van der Waals surface area (Å²) in [5.41, 5.74) is 3.99. The zero-order valence-electron chi connectivity index (χ0n) is 15.4. The van der Waals surface area contributed by atoms with Crippen LogP contribution >= 0.6 is 11.6 Å². The molecule has 0 bridgehead atoms. The van der Waals surface area contributed by atoms with Crippen LogP contribution in [0.2, 0.25) is 5.02 Å². The minimum Gasteiger partial charge on any atom is -0.437 e. The molecule has 0 aliphatic carbocycles. The Morgan fingerprint density at radius 2 is 1.83 bits per heavy atom. The SMILES string of the molecule is O=C(C=Cc1nc2ccccc2o1)Nc1ccc(NCc2ccccc2)c(Cl)c1. The van der Waals surface area contributed by atoms with Crippen LogP contribution in [0.4, 0.5) is 11.4 Å². The minimum atomic E-state index is -0.298. The molecule has 0 saturated heterocycles. The van der Waals surface area contributed by atoms with Gasteiger partial charge in [0.2, 0.25) is 11.8 Å². The number of halogens is 1. The summed E-state index contributed by atoms with van der Waals surface area (Å²) in [6.45, 7) is 0.666. The predicted octanol–water partition coefficient (Wildman–Crippen LogP) is 5.75. The third kappa shape index (κ3) is 4.83. The van der Waals surface area contributed by atoms with Gasteiger partial charge in [-0.15, -0.1) is 0 Å². The van der Waals surface area contributed by atoms with Crippen LogP contribution in [-0.2, 0) is 11.3 Å². The molecular formula is C23H18ClN3O2. The summed E-state index contributed by atoms with van der Waals surface area (Å²) in [7, 11) is 0. The molecule has 3 aromatic carbocycles. The van der Waals surface area contributed by atoms with E-state index in [2.05, 4.69) is 15.6 Å². The molecule has 29 heavy (non-hydrogen) atoms. The van der Waals surface area contributed by atoms with Crippen molar-refractivity contribution in [2.75, 3.05) is 10.6 Å². The lowest BCUT2D eigenvalue weighted by Crippen LogP contribution is -2.08. The zero-order valence-corrected chi connectivity index (χ0v) is 16.2. The Labute approximate surface area is 173 Å². The second-order valence-electron chi connectivity index (χ2n) is 6.38. The molecule has 0 aliphatic rings.